The number of carbonyl (C=O) groups is 1. The third-order valence-electron chi connectivity index (χ3n) is 5.15. The van der Waals surface area contributed by atoms with E-state index in [1.807, 2.05) is 0 Å². The fourth-order valence-electron chi connectivity index (χ4n) is 3.51. The lowest BCUT2D eigenvalue weighted by atomic mass is 9.91. The Kier molecular flexibility index (Phi) is 7.52. The van der Waals surface area contributed by atoms with Crippen molar-refractivity contribution in [2.24, 2.45) is 5.73 Å². The van der Waals surface area contributed by atoms with Crippen LogP contribution in [0, 0.1) is 0 Å². The highest BCUT2D eigenvalue weighted by atomic mass is 35.5. The number of carbonyl (C=O) groups excluding carboxylic acids is 1. The summed E-state index contributed by atoms with van der Waals surface area (Å²) >= 11 is 6.17. The van der Waals surface area contributed by atoms with E-state index >= 15 is 0 Å². The zero-order chi connectivity index (χ0) is 25.1. The van der Waals surface area contributed by atoms with Gasteiger partial charge >= 0.3 is 6.18 Å². The van der Waals surface area contributed by atoms with Gasteiger partial charge in [-0.3, -0.25) is 14.1 Å². The lowest BCUT2D eigenvalue weighted by Gasteiger charge is -2.23. The predicted molar refractivity (Wildman–Crippen MR) is 124 cm³/mol. The number of aromatic nitrogens is 1. The molecule has 0 aliphatic carbocycles. The molecule has 34 heavy (non-hydrogen) atoms. The van der Waals surface area contributed by atoms with Crippen molar-refractivity contribution < 1.29 is 26.4 Å². The Morgan fingerprint density at radius 3 is 2.18 bits per heavy atom. The number of alkyl halides is 3. The number of hydrogen-bond acceptors (Lipinski definition) is 4. The van der Waals surface area contributed by atoms with Gasteiger partial charge in [0.1, 0.15) is 5.69 Å². The lowest BCUT2D eigenvalue weighted by molar-refractivity contribution is -0.141. The van der Waals surface area contributed by atoms with Crippen molar-refractivity contribution in [1.29, 1.82) is 0 Å². The van der Waals surface area contributed by atoms with Crippen LogP contribution in [-0.2, 0) is 27.4 Å². The number of hydrogen-bond donors (Lipinski definition) is 1. The second-order valence-corrected chi connectivity index (χ2v) is 9.89. The molecule has 11 heteroatoms. The van der Waals surface area contributed by atoms with Crippen LogP contribution >= 0.6 is 11.6 Å². The minimum atomic E-state index is -4.61. The molecule has 0 aliphatic rings. The summed E-state index contributed by atoms with van der Waals surface area (Å²) in [6.07, 6.45) is -2.21. The summed E-state index contributed by atoms with van der Waals surface area (Å²) in [6.45, 7) is 0.129. The van der Waals surface area contributed by atoms with Crippen LogP contribution in [0.25, 0.3) is 0 Å². The van der Waals surface area contributed by atoms with Gasteiger partial charge in [0.25, 0.3) is 0 Å². The molecule has 0 saturated heterocycles. The van der Waals surface area contributed by atoms with Crippen molar-refractivity contribution in [3.8, 4) is 0 Å². The molecule has 0 aliphatic heterocycles. The normalized spacial score (nSPS) is 12.9. The molecule has 0 bridgehead atoms. The third kappa shape index (κ3) is 6.06. The van der Waals surface area contributed by atoms with Crippen molar-refractivity contribution in [2.45, 2.75) is 18.5 Å². The molecule has 0 saturated carbocycles. The highest BCUT2D eigenvalue weighted by Crippen LogP contribution is 2.31. The fraction of sp³-hybridized carbons (Fsp3) is 0.217. The average Bonchev–Trinajstić information content (AvgIpc) is 2.75. The number of rotatable bonds is 8. The third-order valence-corrected chi connectivity index (χ3v) is 6.71. The smallest absolute Gasteiger partial charge is 0.369 e. The Morgan fingerprint density at radius 1 is 1.06 bits per heavy atom. The largest absolute Gasteiger partial charge is 0.433 e. The molecule has 2 N–H and O–H groups in total. The molecule has 3 aromatic rings. The zero-order valence-electron chi connectivity index (χ0n) is 18.0. The molecule has 0 radical (unpaired) electrons. The highest BCUT2D eigenvalue weighted by Gasteiger charge is 2.33. The molecule has 0 fully saturated rings. The van der Waals surface area contributed by atoms with E-state index in [0.717, 1.165) is 30.1 Å². The minimum Gasteiger partial charge on any atom is -0.369 e. The maximum atomic E-state index is 12.8. The quantitative estimate of drug-likeness (QED) is 0.485. The molecular weight excluding hydrogens is 491 g/mol. The van der Waals surface area contributed by atoms with Crippen LogP contribution in [0.4, 0.5) is 18.9 Å². The van der Waals surface area contributed by atoms with Crippen molar-refractivity contribution in [3.05, 3.63) is 94.3 Å². The number of pyridine rings is 1. The molecule has 6 nitrogen and oxygen atoms in total. The summed E-state index contributed by atoms with van der Waals surface area (Å²) in [6, 6.07) is 15.1. The van der Waals surface area contributed by atoms with Gasteiger partial charge in [0.2, 0.25) is 15.9 Å². The molecular formula is C23H21ClF3N3O3S. The number of primary amides is 1. The zero-order valence-corrected chi connectivity index (χ0v) is 19.5. The van der Waals surface area contributed by atoms with E-state index in [1.165, 1.54) is 28.6 Å². The fourth-order valence-corrected chi connectivity index (χ4v) is 4.67. The standard InChI is InChI=1S/C23H21ClF3N3O3S/c1-34(32,33)30(13-12-15-4-2-3-5-19(15)24)18-9-6-16(7-10-18)21(22(28)31)17-8-11-20(29-14-17)23(25,26)27/h2-11,14,21H,12-13H2,1H3,(H2,28,31). The summed E-state index contributed by atoms with van der Waals surface area (Å²) in [4.78, 5) is 15.5. The maximum Gasteiger partial charge on any atom is 0.433 e. The highest BCUT2D eigenvalue weighted by molar-refractivity contribution is 7.92. The summed E-state index contributed by atoms with van der Waals surface area (Å²) in [5.41, 5.74) is 6.14. The van der Waals surface area contributed by atoms with Crippen LogP contribution in [0.2, 0.25) is 5.02 Å². The average molecular weight is 512 g/mol. The number of sulfonamides is 1. The molecule has 1 amide bonds. The molecule has 1 atom stereocenters. The Hall–Kier alpha value is -3.11. The number of amides is 1. The monoisotopic (exact) mass is 511 g/mol. The van der Waals surface area contributed by atoms with Crippen LogP contribution in [0.1, 0.15) is 28.3 Å². The predicted octanol–water partition coefficient (Wildman–Crippen LogP) is 4.38. The van der Waals surface area contributed by atoms with E-state index in [0.29, 0.717) is 22.7 Å². The van der Waals surface area contributed by atoms with Crippen molar-refractivity contribution in [2.75, 3.05) is 17.1 Å². The van der Waals surface area contributed by atoms with Crippen LogP contribution in [0.3, 0.4) is 0 Å². The Balaban J connectivity index is 1.87. The van der Waals surface area contributed by atoms with Gasteiger partial charge in [0, 0.05) is 17.8 Å². The number of nitrogens with zero attached hydrogens (tertiary/aromatic N) is 2. The maximum absolute atomic E-state index is 12.8. The topological polar surface area (TPSA) is 93.4 Å². The summed E-state index contributed by atoms with van der Waals surface area (Å²) in [5, 5.41) is 0.528. The van der Waals surface area contributed by atoms with E-state index in [-0.39, 0.29) is 12.1 Å². The first-order valence-electron chi connectivity index (χ1n) is 10.0. The molecule has 1 unspecified atom stereocenters. The van der Waals surface area contributed by atoms with Crippen molar-refractivity contribution in [3.63, 3.8) is 0 Å². The first kappa shape index (κ1) is 25.5. The first-order valence-corrected chi connectivity index (χ1v) is 12.2. The Bertz CT molecular complexity index is 1270. The van der Waals surface area contributed by atoms with Crippen LogP contribution in [0.5, 0.6) is 0 Å². The van der Waals surface area contributed by atoms with Gasteiger partial charge in [-0.25, -0.2) is 8.42 Å². The summed E-state index contributed by atoms with van der Waals surface area (Å²) in [7, 11) is -3.64. The molecule has 1 aromatic heterocycles. The van der Waals surface area contributed by atoms with E-state index in [1.54, 1.807) is 24.3 Å². The van der Waals surface area contributed by atoms with E-state index in [9.17, 15) is 26.4 Å². The van der Waals surface area contributed by atoms with Crippen molar-refractivity contribution >= 4 is 33.2 Å². The van der Waals surface area contributed by atoms with E-state index in [4.69, 9.17) is 17.3 Å². The summed E-state index contributed by atoms with van der Waals surface area (Å²) < 4.78 is 64.4. The summed E-state index contributed by atoms with van der Waals surface area (Å²) in [5.74, 6) is -1.84. The number of anilines is 1. The van der Waals surface area contributed by atoms with E-state index in [2.05, 4.69) is 4.98 Å². The van der Waals surface area contributed by atoms with Gasteiger partial charge in [-0.05, 0) is 47.4 Å². The molecule has 180 valence electrons. The number of halogens is 4. The molecule has 2 aromatic carbocycles. The van der Waals surface area contributed by atoms with E-state index < -0.39 is 33.7 Å². The Labute approximate surface area is 200 Å². The second-order valence-electron chi connectivity index (χ2n) is 7.58. The van der Waals surface area contributed by atoms with Gasteiger partial charge < -0.3 is 5.73 Å². The first-order chi connectivity index (χ1) is 15.9. The van der Waals surface area contributed by atoms with Crippen LogP contribution < -0.4 is 10.0 Å². The molecule has 3 rings (SSSR count). The lowest BCUT2D eigenvalue weighted by Crippen LogP contribution is -2.32. The van der Waals surface area contributed by atoms with Crippen molar-refractivity contribution in [1.82, 2.24) is 4.98 Å². The number of benzene rings is 2. The molecule has 0 spiro atoms. The van der Waals surface area contributed by atoms with Gasteiger partial charge in [0.05, 0.1) is 17.9 Å². The SMILES string of the molecule is CS(=O)(=O)N(CCc1ccccc1Cl)c1ccc(C(C(N)=O)c2ccc(C(F)(F)F)nc2)cc1. The van der Waals surface area contributed by atoms with Gasteiger partial charge in [-0.15, -0.1) is 0 Å². The molecule has 1 heterocycles. The van der Waals surface area contributed by atoms with Crippen LogP contribution in [0.15, 0.2) is 66.9 Å². The van der Waals surface area contributed by atoms with Gasteiger partial charge in [-0.2, -0.15) is 13.2 Å². The Morgan fingerprint density at radius 2 is 1.68 bits per heavy atom. The van der Waals surface area contributed by atoms with Gasteiger partial charge in [0.15, 0.2) is 0 Å². The minimum absolute atomic E-state index is 0.129. The number of nitrogens with two attached hydrogens (primary N) is 1. The van der Waals surface area contributed by atoms with Crippen LogP contribution in [-0.4, -0.2) is 32.1 Å². The second kappa shape index (κ2) is 10.0. The van der Waals surface area contributed by atoms with Gasteiger partial charge in [-0.1, -0.05) is 48.0 Å².